The quantitative estimate of drug-likeness (QED) is 0.458. The summed E-state index contributed by atoms with van der Waals surface area (Å²) in [4.78, 5) is 26.2. The first-order chi connectivity index (χ1) is 17.3. The van der Waals surface area contributed by atoms with Crippen molar-refractivity contribution in [1.29, 1.82) is 0 Å². The lowest BCUT2D eigenvalue weighted by Crippen LogP contribution is -2.41. The molecular formula is C24H23N5O7. The number of nitrogen functional groups attached to an aromatic ring is 1. The molecule has 0 spiro atoms. The van der Waals surface area contributed by atoms with E-state index in [4.69, 9.17) is 30.3 Å². The van der Waals surface area contributed by atoms with Crippen LogP contribution in [0.3, 0.4) is 0 Å². The SMILES string of the molecule is CC1=NN=C(c2ccc(N)cc2)c2cc3c(cc2C1)OCO3.O=C(O)C1=NO[C@H]2CN[C@H](C(=O)O)[C@@H]12. The summed E-state index contributed by atoms with van der Waals surface area (Å²) in [6.45, 7) is 2.55. The van der Waals surface area contributed by atoms with Crippen molar-refractivity contribution in [3.05, 3.63) is 53.1 Å². The van der Waals surface area contributed by atoms with Crippen LogP contribution in [0.2, 0.25) is 0 Å². The predicted octanol–water partition coefficient (Wildman–Crippen LogP) is 1.27. The van der Waals surface area contributed by atoms with Crippen molar-refractivity contribution in [2.24, 2.45) is 21.3 Å². The predicted molar refractivity (Wildman–Crippen MR) is 129 cm³/mol. The third-order valence-electron chi connectivity index (χ3n) is 6.19. The maximum atomic E-state index is 10.7. The average Bonchev–Trinajstić information content (AvgIpc) is 3.54. The van der Waals surface area contributed by atoms with Crippen molar-refractivity contribution in [2.75, 3.05) is 19.1 Å². The highest BCUT2D eigenvalue weighted by Gasteiger charge is 2.50. The molecule has 36 heavy (non-hydrogen) atoms. The smallest absolute Gasteiger partial charge is 0.354 e. The lowest BCUT2D eigenvalue weighted by Gasteiger charge is -2.11. The molecule has 0 saturated carbocycles. The van der Waals surface area contributed by atoms with Crippen molar-refractivity contribution in [1.82, 2.24) is 5.32 Å². The monoisotopic (exact) mass is 493 g/mol. The van der Waals surface area contributed by atoms with E-state index in [1.54, 1.807) is 0 Å². The van der Waals surface area contributed by atoms with Crippen LogP contribution in [0.25, 0.3) is 0 Å². The van der Waals surface area contributed by atoms with Crippen LogP contribution >= 0.6 is 0 Å². The van der Waals surface area contributed by atoms with Gasteiger partial charge in [-0.2, -0.15) is 5.10 Å². The number of fused-ring (bicyclic) bond motifs is 3. The third-order valence-corrected chi connectivity index (χ3v) is 6.19. The van der Waals surface area contributed by atoms with Gasteiger partial charge < -0.3 is 30.3 Å². The number of nitrogens with two attached hydrogens (primary N) is 1. The Morgan fingerprint density at radius 3 is 2.50 bits per heavy atom. The number of rotatable bonds is 3. The van der Waals surface area contributed by atoms with Gasteiger partial charge in [-0.05, 0) is 36.8 Å². The molecule has 6 rings (SSSR count). The number of carbonyl (C=O) groups is 2. The summed E-state index contributed by atoms with van der Waals surface area (Å²) in [6, 6.07) is 10.7. The van der Waals surface area contributed by atoms with Gasteiger partial charge >= 0.3 is 11.9 Å². The number of anilines is 1. The van der Waals surface area contributed by atoms with E-state index >= 15 is 0 Å². The summed E-state index contributed by atoms with van der Waals surface area (Å²) in [6.07, 6.45) is 0.274. The Hall–Kier alpha value is -4.45. The standard InChI is InChI=1S/C17H15N3O2.C7H8N2O5/c1-10-6-12-7-15-16(22-9-21-15)8-14(12)17(20-19-10)11-2-4-13(18)5-3-11;10-6(11)4-3-2(1-8-4)14-9-5(3)7(12)13/h2-5,7-8H,6,9,18H2,1H3;2-4,8H,1H2,(H,10,11)(H,12,13)/t;2-,3-,4-/m.0/s1. The Balaban J connectivity index is 0.000000165. The molecule has 4 aliphatic heterocycles. The van der Waals surface area contributed by atoms with E-state index < -0.39 is 30.0 Å². The molecule has 2 aromatic rings. The molecule has 5 N–H and O–H groups in total. The number of aliphatic carboxylic acids is 2. The molecule has 4 aliphatic rings. The average molecular weight is 493 g/mol. The Bertz CT molecular complexity index is 1320. The van der Waals surface area contributed by atoms with Gasteiger partial charge in [0, 0.05) is 35.5 Å². The summed E-state index contributed by atoms with van der Waals surface area (Å²) >= 11 is 0. The molecule has 0 unspecified atom stereocenters. The number of ether oxygens (including phenoxy) is 2. The number of nitrogens with one attached hydrogen (secondary N) is 1. The van der Waals surface area contributed by atoms with Crippen LogP contribution < -0.4 is 20.5 Å². The van der Waals surface area contributed by atoms with Crippen LogP contribution in [0.1, 0.15) is 23.6 Å². The van der Waals surface area contributed by atoms with Gasteiger partial charge in [-0.1, -0.05) is 17.3 Å². The fourth-order valence-corrected chi connectivity index (χ4v) is 4.46. The molecule has 4 heterocycles. The molecule has 1 fully saturated rings. The Labute approximate surface area is 205 Å². The van der Waals surface area contributed by atoms with Gasteiger partial charge in [0.2, 0.25) is 6.79 Å². The van der Waals surface area contributed by atoms with Crippen LogP contribution in [0, 0.1) is 5.92 Å². The molecule has 1 saturated heterocycles. The molecule has 0 bridgehead atoms. The van der Waals surface area contributed by atoms with E-state index in [2.05, 4.69) is 20.7 Å². The molecule has 0 aliphatic carbocycles. The Kier molecular flexibility index (Phi) is 6.02. The topological polar surface area (TPSA) is 177 Å². The zero-order valence-electron chi connectivity index (χ0n) is 19.2. The third kappa shape index (κ3) is 4.33. The van der Waals surface area contributed by atoms with Gasteiger partial charge in [0.25, 0.3) is 0 Å². The number of carboxylic acids is 2. The van der Waals surface area contributed by atoms with E-state index in [9.17, 15) is 9.59 Å². The maximum Gasteiger partial charge on any atom is 0.354 e. The van der Waals surface area contributed by atoms with Crippen LogP contribution in [0.4, 0.5) is 5.69 Å². The van der Waals surface area contributed by atoms with E-state index in [0.717, 1.165) is 51.7 Å². The fourth-order valence-electron chi connectivity index (χ4n) is 4.46. The first-order valence-corrected chi connectivity index (χ1v) is 11.1. The molecule has 0 amide bonds. The second-order valence-electron chi connectivity index (χ2n) is 8.62. The molecule has 2 aromatic carbocycles. The minimum atomic E-state index is -1.23. The molecular weight excluding hydrogens is 470 g/mol. The molecule has 0 aromatic heterocycles. The normalized spacial score (nSPS) is 23.0. The van der Waals surface area contributed by atoms with Crippen LogP contribution in [-0.4, -0.2) is 64.8 Å². The number of nitrogens with zero attached hydrogens (tertiary/aromatic N) is 3. The summed E-state index contributed by atoms with van der Waals surface area (Å²) < 4.78 is 11.0. The second kappa shape index (κ2) is 9.30. The lowest BCUT2D eigenvalue weighted by molar-refractivity contribution is -0.139. The van der Waals surface area contributed by atoms with Crippen LogP contribution in [0.15, 0.2) is 51.8 Å². The van der Waals surface area contributed by atoms with Crippen molar-refractivity contribution >= 4 is 34.8 Å². The molecule has 3 atom stereocenters. The van der Waals surface area contributed by atoms with E-state index in [1.165, 1.54) is 0 Å². The number of hydrogen-bond donors (Lipinski definition) is 4. The van der Waals surface area contributed by atoms with Gasteiger partial charge in [0.1, 0.15) is 11.8 Å². The summed E-state index contributed by atoms with van der Waals surface area (Å²) in [5.41, 5.74) is 11.2. The number of benzene rings is 2. The van der Waals surface area contributed by atoms with Gasteiger partial charge in [0.15, 0.2) is 23.3 Å². The fraction of sp³-hybridized carbons (Fsp3) is 0.292. The number of oxime groups is 1. The van der Waals surface area contributed by atoms with Gasteiger partial charge in [-0.3, -0.25) is 10.1 Å². The Morgan fingerprint density at radius 1 is 1.08 bits per heavy atom. The first-order valence-electron chi connectivity index (χ1n) is 11.1. The van der Waals surface area contributed by atoms with Crippen molar-refractivity contribution in [2.45, 2.75) is 25.5 Å². The van der Waals surface area contributed by atoms with Crippen molar-refractivity contribution in [3.63, 3.8) is 0 Å². The summed E-state index contributed by atoms with van der Waals surface area (Å²) in [5, 5.41) is 32.3. The second-order valence-corrected chi connectivity index (χ2v) is 8.62. The highest BCUT2D eigenvalue weighted by atomic mass is 16.7. The lowest BCUT2D eigenvalue weighted by atomic mass is 9.94. The zero-order chi connectivity index (χ0) is 25.4. The minimum absolute atomic E-state index is 0.215. The van der Waals surface area contributed by atoms with Crippen molar-refractivity contribution < 1.29 is 34.1 Å². The maximum absolute atomic E-state index is 10.7. The molecule has 12 heteroatoms. The summed E-state index contributed by atoms with van der Waals surface area (Å²) in [7, 11) is 0. The van der Waals surface area contributed by atoms with Crippen LogP contribution in [-0.2, 0) is 20.8 Å². The van der Waals surface area contributed by atoms with E-state index in [-0.39, 0.29) is 12.5 Å². The summed E-state index contributed by atoms with van der Waals surface area (Å²) in [5.74, 6) is -1.47. The first kappa shape index (κ1) is 23.3. The highest BCUT2D eigenvalue weighted by molar-refractivity contribution is 6.37. The number of carboxylic acid groups (broad SMARTS) is 2. The zero-order valence-corrected chi connectivity index (χ0v) is 19.2. The largest absolute Gasteiger partial charge is 0.480 e. The molecule has 0 radical (unpaired) electrons. The van der Waals surface area contributed by atoms with Gasteiger partial charge in [0.05, 0.1) is 5.92 Å². The highest BCUT2D eigenvalue weighted by Crippen LogP contribution is 2.36. The number of hydrogen-bond acceptors (Lipinski definition) is 10. The minimum Gasteiger partial charge on any atom is -0.480 e. The molecule has 186 valence electrons. The van der Waals surface area contributed by atoms with Crippen LogP contribution in [0.5, 0.6) is 11.5 Å². The van der Waals surface area contributed by atoms with Gasteiger partial charge in [-0.15, -0.1) is 5.10 Å². The van der Waals surface area contributed by atoms with Crippen molar-refractivity contribution in [3.8, 4) is 11.5 Å². The van der Waals surface area contributed by atoms with E-state index in [1.807, 2.05) is 43.3 Å². The molecule has 12 nitrogen and oxygen atoms in total. The van der Waals surface area contributed by atoms with Gasteiger partial charge in [-0.25, -0.2) is 4.79 Å². The van der Waals surface area contributed by atoms with E-state index in [0.29, 0.717) is 6.54 Å². The Morgan fingerprint density at radius 2 is 1.81 bits per heavy atom.